The molecule has 0 aromatic carbocycles. The summed E-state index contributed by atoms with van der Waals surface area (Å²) >= 11 is 0. The fraction of sp³-hybridized carbons (Fsp3) is 0.909. The normalized spacial score (nSPS) is 40.6. The van der Waals surface area contributed by atoms with E-state index in [2.05, 4.69) is 10.6 Å². The van der Waals surface area contributed by atoms with Crippen LogP contribution in [0.1, 0.15) is 25.7 Å². The highest BCUT2D eigenvalue weighted by Gasteiger charge is 2.48. The third-order valence-corrected chi connectivity index (χ3v) is 3.93. The molecule has 0 aromatic rings. The maximum Gasteiger partial charge on any atom is 0.237 e. The molecule has 3 nitrogen and oxygen atoms in total. The quantitative estimate of drug-likeness (QED) is 0.783. The Morgan fingerprint density at radius 3 is 2.62 bits per heavy atom. The molecular weight excluding hydrogens is 231 g/mol. The van der Waals surface area contributed by atoms with E-state index in [0.717, 1.165) is 13.0 Å². The van der Waals surface area contributed by atoms with Crippen molar-refractivity contribution in [3.63, 3.8) is 0 Å². The number of carbonyl (C=O) groups excluding carboxylic acids is 1. The fourth-order valence-electron chi connectivity index (χ4n) is 2.80. The van der Waals surface area contributed by atoms with Gasteiger partial charge in [0, 0.05) is 12.6 Å². The summed E-state index contributed by atoms with van der Waals surface area (Å²) in [7, 11) is 0. The first-order valence-electron chi connectivity index (χ1n) is 5.92. The van der Waals surface area contributed by atoms with Gasteiger partial charge in [0.25, 0.3) is 0 Å². The molecule has 1 heterocycles. The summed E-state index contributed by atoms with van der Waals surface area (Å²) in [6, 6.07) is -0.188. The van der Waals surface area contributed by atoms with E-state index in [1.165, 1.54) is 12.8 Å². The SMILES string of the molecule is Cl.O=C(NCC1CC1)[C@H]1N[C@H]2CC1C[C@@H]2F. The van der Waals surface area contributed by atoms with E-state index in [-0.39, 0.29) is 36.3 Å². The van der Waals surface area contributed by atoms with Crippen LogP contribution in [0.5, 0.6) is 0 Å². The lowest BCUT2D eigenvalue weighted by Crippen LogP contribution is -2.50. The van der Waals surface area contributed by atoms with Gasteiger partial charge in [0.15, 0.2) is 0 Å². The molecule has 2 N–H and O–H groups in total. The molecule has 92 valence electrons. The van der Waals surface area contributed by atoms with Crippen molar-refractivity contribution in [3.8, 4) is 0 Å². The molecule has 5 heteroatoms. The van der Waals surface area contributed by atoms with E-state index in [1.807, 2.05) is 0 Å². The zero-order valence-corrected chi connectivity index (χ0v) is 9.93. The first-order chi connectivity index (χ1) is 7.24. The maximum absolute atomic E-state index is 13.2. The van der Waals surface area contributed by atoms with Crippen molar-refractivity contribution in [1.29, 1.82) is 0 Å². The topological polar surface area (TPSA) is 41.1 Å². The molecule has 0 aromatic heterocycles. The largest absolute Gasteiger partial charge is 0.354 e. The van der Waals surface area contributed by atoms with Gasteiger partial charge < -0.3 is 5.32 Å². The Bertz CT molecular complexity index is 283. The van der Waals surface area contributed by atoms with Crippen LogP contribution < -0.4 is 10.6 Å². The summed E-state index contributed by atoms with van der Waals surface area (Å²) in [6.07, 6.45) is 3.16. The lowest BCUT2D eigenvalue weighted by molar-refractivity contribution is -0.124. The second-order valence-corrected chi connectivity index (χ2v) is 5.19. The fourth-order valence-corrected chi connectivity index (χ4v) is 2.80. The molecule has 2 bridgehead atoms. The van der Waals surface area contributed by atoms with Crippen molar-refractivity contribution in [2.24, 2.45) is 11.8 Å². The number of nitrogens with one attached hydrogen (secondary N) is 2. The monoisotopic (exact) mass is 248 g/mol. The Morgan fingerprint density at radius 2 is 2.12 bits per heavy atom. The van der Waals surface area contributed by atoms with Gasteiger partial charge in [0.05, 0.1) is 6.04 Å². The van der Waals surface area contributed by atoms with Crippen LogP contribution in [0.2, 0.25) is 0 Å². The second-order valence-electron chi connectivity index (χ2n) is 5.19. The van der Waals surface area contributed by atoms with Crippen LogP contribution in [0.15, 0.2) is 0 Å². The van der Waals surface area contributed by atoms with Crippen LogP contribution in [0.4, 0.5) is 4.39 Å². The molecule has 1 saturated heterocycles. The minimum atomic E-state index is -0.734. The maximum atomic E-state index is 13.2. The lowest BCUT2D eigenvalue weighted by Gasteiger charge is -2.24. The highest BCUT2D eigenvalue weighted by molar-refractivity contribution is 5.85. The molecule has 2 saturated carbocycles. The van der Waals surface area contributed by atoms with Crippen molar-refractivity contribution < 1.29 is 9.18 Å². The summed E-state index contributed by atoms with van der Waals surface area (Å²) in [6.45, 7) is 0.813. The van der Waals surface area contributed by atoms with Gasteiger partial charge in [-0.05, 0) is 37.5 Å². The number of rotatable bonds is 3. The minimum absolute atomic E-state index is 0. The van der Waals surface area contributed by atoms with Gasteiger partial charge in [-0.1, -0.05) is 0 Å². The van der Waals surface area contributed by atoms with Crippen molar-refractivity contribution in [3.05, 3.63) is 0 Å². The summed E-state index contributed by atoms with van der Waals surface area (Å²) in [5, 5.41) is 6.06. The highest BCUT2D eigenvalue weighted by Crippen LogP contribution is 2.37. The Kier molecular flexibility index (Phi) is 3.40. The standard InChI is InChI=1S/C11H17FN2O.ClH/c12-8-3-7-4-9(8)14-10(7)11(15)13-5-6-1-2-6;/h6-10,14H,1-5H2,(H,13,15);1H/t7?,8-,9-,10-;/m0./s1. The van der Waals surface area contributed by atoms with Gasteiger partial charge in [-0.15, -0.1) is 12.4 Å². The zero-order valence-electron chi connectivity index (χ0n) is 9.12. The van der Waals surface area contributed by atoms with Crippen LogP contribution in [0.3, 0.4) is 0 Å². The smallest absolute Gasteiger partial charge is 0.237 e. The number of piperidine rings is 1. The molecule has 0 spiro atoms. The summed E-state index contributed by atoms with van der Waals surface area (Å²) in [4.78, 5) is 11.8. The van der Waals surface area contributed by atoms with E-state index in [1.54, 1.807) is 0 Å². The molecule has 0 radical (unpaired) electrons. The third-order valence-electron chi connectivity index (χ3n) is 3.93. The number of amides is 1. The van der Waals surface area contributed by atoms with E-state index in [0.29, 0.717) is 12.3 Å². The molecule has 3 aliphatic rings. The van der Waals surface area contributed by atoms with Crippen LogP contribution in [-0.2, 0) is 4.79 Å². The van der Waals surface area contributed by atoms with Crippen molar-refractivity contribution >= 4 is 18.3 Å². The van der Waals surface area contributed by atoms with Crippen LogP contribution >= 0.6 is 12.4 Å². The lowest BCUT2D eigenvalue weighted by atomic mass is 9.99. The average molecular weight is 249 g/mol. The predicted octanol–water partition coefficient (Wildman–Crippen LogP) is 1.02. The van der Waals surface area contributed by atoms with Crippen LogP contribution in [-0.4, -0.2) is 30.7 Å². The van der Waals surface area contributed by atoms with Crippen molar-refractivity contribution in [2.75, 3.05) is 6.54 Å². The Hall–Kier alpha value is -0.350. The minimum Gasteiger partial charge on any atom is -0.354 e. The van der Waals surface area contributed by atoms with Gasteiger partial charge in [-0.3, -0.25) is 10.1 Å². The zero-order chi connectivity index (χ0) is 10.4. The number of hydrogen-bond acceptors (Lipinski definition) is 2. The van der Waals surface area contributed by atoms with Crippen LogP contribution in [0, 0.1) is 11.8 Å². The van der Waals surface area contributed by atoms with E-state index in [4.69, 9.17) is 0 Å². The molecule has 1 unspecified atom stereocenters. The third kappa shape index (κ3) is 2.18. The molecule has 1 amide bonds. The summed E-state index contributed by atoms with van der Waals surface area (Å²) < 4.78 is 13.2. The summed E-state index contributed by atoms with van der Waals surface area (Å²) in [5.74, 6) is 1.02. The van der Waals surface area contributed by atoms with E-state index in [9.17, 15) is 9.18 Å². The average Bonchev–Trinajstić information content (AvgIpc) is 2.86. The Labute approximate surface area is 101 Å². The van der Waals surface area contributed by atoms with Gasteiger partial charge in [0.2, 0.25) is 5.91 Å². The van der Waals surface area contributed by atoms with Crippen LogP contribution in [0.25, 0.3) is 0 Å². The van der Waals surface area contributed by atoms with Gasteiger partial charge >= 0.3 is 0 Å². The number of halogens is 2. The van der Waals surface area contributed by atoms with Crippen molar-refractivity contribution in [1.82, 2.24) is 10.6 Å². The molecule has 3 rings (SSSR count). The molecular formula is C11H18ClFN2O. The first kappa shape index (κ1) is 12.1. The number of hydrogen-bond donors (Lipinski definition) is 2. The highest BCUT2D eigenvalue weighted by atomic mass is 35.5. The number of fused-ring (bicyclic) bond motifs is 2. The van der Waals surface area contributed by atoms with Gasteiger partial charge in [-0.25, -0.2) is 4.39 Å². The summed E-state index contributed by atoms with van der Waals surface area (Å²) in [5.41, 5.74) is 0. The molecule has 4 atom stereocenters. The van der Waals surface area contributed by atoms with Crippen molar-refractivity contribution in [2.45, 2.75) is 43.9 Å². The number of alkyl halides is 1. The van der Waals surface area contributed by atoms with Gasteiger partial charge in [-0.2, -0.15) is 0 Å². The van der Waals surface area contributed by atoms with Gasteiger partial charge in [0.1, 0.15) is 6.17 Å². The molecule has 2 aliphatic carbocycles. The van der Waals surface area contributed by atoms with E-state index >= 15 is 0 Å². The first-order valence-corrected chi connectivity index (χ1v) is 5.92. The molecule has 16 heavy (non-hydrogen) atoms. The molecule has 3 fully saturated rings. The Morgan fingerprint density at radius 1 is 1.38 bits per heavy atom. The Balaban J connectivity index is 0.000000963. The predicted molar refractivity (Wildman–Crippen MR) is 61.3 cm³/mol. The number of carbonyl (C=O) groups is 1. The van der Waals surface area contributed by atoms with E-state index < -0.39 is 6.17 Å². The molecule has 1 aliphatic heterocycles. The second kappa shape index (κ2) is 4.49.